The summed E-state index contributed by atoms with van der Waals surface area (Å²) in [6.45, 7) is 8.49. The zero-order chi connectivity index (χ0) is 14.5. The number of anilines is 1. The predicted molar refractivity (Wildman–Crippen MR) is 78.9 cm³/mol. The van der Waals surface area contributed by atoms with Gasteiger partial charge in [-0.25, -0.2) is 0 Å². The van der Waals surface area contributed by atoms with Crippen LogP contribution in [0.3, 0.4) is 0 Å². The molecule has 1 atom stereocenters. The minimum absolute atomic E-state index is 0.180. The molecule has 0 aliphatic rings. The number of ether oxygens (including phenoxy) is 1. The first-order valence-corrected chi connectivity index (χ1v) is 6.91. The van der Waals surface area contributed by atoms with Gasteiger partial charge in [0.15, 0.2) is 0 Å². The molecule has 0 aliphatic heterocycles. The molecule has 2 N–H and O–H groups in total. The van der Waals surface area contributed by atoms with Crippen molar-refractivity contribution in [3.8, 4) is 0 Å². The number of rotatable bonds is 6. The molecule has 1 aromatic rings. The van der Waals surface area contributed by atoms with Crippen molar-refractivity contribution in [2.24, 2.45) is 5.92 Å². The summed E-state index contributed by atoms with van der Waals surface area (Å²) in [5.41, 5.74) is 6.65. The molecule has 0 aromatic heterocycles. The number of carbonyl (C=O) groups excluding carboxylic acids is 1. The van der Waals surface area contributed by atoms with Crippen molar-refractivity contribution < 1.29 is 9.53 Å². The number of nitrogen functional groups attached to an aromatic ring is 1. The van der Waals surface area contributed by atoms with Gasteiger partial charge in [0.25, 0.3) is 0 Å². The van der Waals surface area contributed by atoms with Crippen molar-refractivity contribution in [1.82, 2.24) is 0 Å². The molecular weight excluding hydrogens is 238 g/mol. The molecule has 3 nitrogen and oxygen atoms in total. The van der Waals surface area contributed by atoms with Crippen molar-refractivity contribution in [3.05, 3.63) is 29.8 Å². The van der Waals surface area contributed by atoms with E-state index < -0.39 is 5.41 Å². The maximum atomic E-state index is 12.2. The Morgan fingerprint density at radius 1 is 1.32 bits per heavy atom. The van der Waals surface area contributed by atoms with Gasteiger partial charge in [-0.2, -0.15) is 0 Å². The highest BCUT2D eigenvalue weighted by molar-refractivity contribution is 5.82. The number of hydrogen-bond donors (Lipinski definition) is 1. The molecule has 1 unspecified atom stereocenters. The van der Waals surface area contributed by atoms with Crippen LogP contribution in [0.25, 0.3) is 0 Å². The fraction of sp³-hybridized carbons (Fsp3) is 0.562. The van der Waals surface area contributed by atoms with E-state index in [1.807, 2.05) is 38.1 Å². The minimum atomic E-state index is -0.639. The van der Waals surface area contributed by atoms with Gasteiger partial charge in [-0.1, -0.05) is 32.4 Å². The van der Waals surface area contributed by atoms with E-state index in [4.69, 9.17) is 10.5 Å². The molecule has 0 heterocycles. The maximum Gasteiger partial charge on any atom is 0.315 e. The summed E-state index contributed by atoms with van der Waals surface area (Å²) < 4.78 is 5.44. The van der Waals surface area contributed by atoms with Gasteiger partial charge in [0.1, 0.15) is 0 Å². The van der Waals surface area contributed by atoms with E-state index in [2.05, 4.69) is 13.8 Å². The van der Waals surface area contributed by atoms with Crippen molar-refractivity contribution in [1.29, 1.82) is 0 Å². The Labute approximate surface area is 116 Å². The molecule has 106 valence electrons. The molecule has 0 aliphatic carbocycles. The first-order valence-electron chi connectivity index (χ1n) is 6.91. The standard InChI is InChI=1S/C16H25NO2/c1-5-6-12(2)11-19-15(18)16(3,4)13-7-9-14(17)10-8-13/h7-10,12H,5-6,11,17H2,1-4H3. The van der Waals surface area contributed by atoms with E-state index in [0.717, 1.165) is 18.4 Å². The first-order chi connectivity index (χ1) is 8.87. The summed E-state index contributed by atoms with van der Waals surface area (Å²) in [5.74, 6) is 0.233. The van der Waals surface area contributed by atoms with Gasteiger partial charge in [-0.3, -0.25) is 4.79 Å². The summed E-state index contributed by atoms with van der Waals surface area (Å²) in [4.78, 5) is 12.2. The summed E-state index contributed by atoms with van der Waals surface area (Å²) in [5, 5.41) is 0. The highest BCUT2D eigenvalue weighted by atomic mass is 16.5. The van der Waals surface area contributed by atoms with Gasteiger partial charge in [-0.15, -0.1) is 0 Å². The van der Waals surface area contributed by atoms with Crippen molar-refractivity contribution in [3.63, 3.8) is 0 Å². The quantitative estimate of drug-likeness (QED) is 0.631. The lowest BCUT2D eigenvalue weighted by atomic mass is 9.84. The number of carbonyl (C=O) groups is 1. The summed E-state index contributed by atoms with van der Waals surface area (Å²) in [7, 11) is 0. The molecule has 3 heteroatoms. The van der Waals surface area contributed by atoms with Gasteiger partial charge in [0, 0.05) is 5.69 Å². The Bertz CT molecular complexity index is 409. The highest BCUT2D eigenvalue weighted by Gasteiger charge is 2.31. The fourth-order valence-electron chi connectivity index (χ4n) is 1.99. The second-order valence-electron chi connectivity index (χ2n) is 5.74. The van der Waals surface area contributed by atoms with E-state index >= 15 is 0 Å². The van der Waals surface area contributed by atoms with E-state index in [9.17, 15) is 4.79 Å². The van der Waals surface area contributed by atoms with E-state index in [1.165, 1.54) is 0 Å². The molecule has 0 fully saturated rings. The van der Waals surface area contributed by atoms with E-state index in [1.54, 1.807) is 0 Å². The summed E-state index contributed by atoms with van der Waals surface area (Å²) in [6.07, 6.45) is 2.19. The van der Waals surface area contributed by atoms with Crippen LogP contribution in [0.5, 0.6) is 0 Å². The molecule has 19 heavy (non-hydrogen) atoms. The molecule has 0 spiro atoms. The molecule has 1 aromatic carbocycles. The van der Waals surface area contributed by atoms with Crippen LogP contribution in [-0.2, 0) is 14.9 Å². The Morgan fingerprint density at radius 2 is 1.89 bits per heavy atom. The molecule has 0 saturated carbocycles. The van der Waals surface area contributed by atoms with Gasteiger partial charge in [0.05, 0.1) is 12.0 Å². The van der Waals surface area contributed by atoms with Crippen LogP contribution in [-0.4, -0.2) is 12.6 Å². The zero-order valence-corrected chi connectivity index (χ0v) is 12.4. The molecule has 0 amide bonds. The van der Waals surface area contributed by atoms with Crippen LogP contribution in [0.1, 0.15) is 46.1 Å². The van der Waals surface area contributed by atoms with Gasteiger partial charge in [0.2, 0.25) is 0 Å². The monoisotopic (exact) mass is 263 g/mol. The average Bonchev–Trinajstić information content (AvgIpc) is 2.36. The largest absolute Gasteiger partial charge is 0.465 e. The summed E-state index contributed by atoms with van der Waals surface area (Å²) >= 11 is 0. The van der Waals surface area contributed by atoms with Crippen LogP contribution in [0.2, 0.25) is 0 Å². The normalized spacial score (nSPS) is 13.1. The van der Waals surface area contributed by atoms with Crippen LogP contribution in [0, 0.1) is 5.92 Å². The zero-order valence-electron chi connectivity index (χ0n) is 12.4. The van der Waals surface area contributed by atoms with Gasteiger partial charge < -0.3 is 10.5 Å². The van der Waals surface area contributed by atoms with Crippen LogP contribution < -0.4 is 5.73 Å². The van der Waals surface area contributed by atoms with Crippen LogP contribution in [0.15, 0.2) is 24.3 Å². The molecule has 0 saturated heterocycles. The Morgan fingerprint density at radius 3 is 2.42 bits per heavy atom. The molecular formula is C16H25NO2. The Hall–Kier alpha value is -1.51. The maximum absolute atomic E-state index is 12.2. The van der Waals surface area contributed by atoms with E-state index in [0.29, 0.717) is 18.2 Å². The average molecular weight is 263 g/mol. The van der Waals surface area contributed by atoms with Crippen molar-refractivity contribution >= 4 is 11.7 Å². The number of benzene rings is 1. The van der Waals surface area contributed by atoms with E-state index in [-0.39, 0.29) is 5.97 Å². The third-order valence-corrected chi connectivity index (χ3v) is 3.42. The second kappa shape index (κ2) is 6.60. The minimum Gasteiger partial charge on any atom is -0.465 e. The van der Waals surface area contributed by atoms with Gasteiger partial charge >= 0.3 is 5.97 Å². The molecule has 0 bridgehead atoms. The fourth-order valence-corrected chi connectivity index (χ4v) is 1.99. The Balaban J connectivity index is 2.66. The summed E-state index contributed by atoms with van der Waals surface area (Å²) in [6, 6.07) is 7.38. The van der Waals surface area contributed by atoms with Crippen molar-refractivity contribution in [2.45, 2.75) is 46.0 Å². The Kier molecular flexibility index (Phi) is 5.40. The molecule has 0 radical (unpaired) electrons. The smallest absolute Gasteiger partial charge is 0.315 e. The predicted octanol–water partition coefficient (Wildman–Crippen LogP) is 3.53. The number of esters is 1. The SMILES string of the molecule is CCCC(C)COC(=O)C(C)(C)c1ccc(N)cc1. The first kappa shape index (κ1) is 15.5. The third-order valence-electron chi connectivity index (χ3n) is 3.42. The van der Waals surface area contributed by atoms with Crippen LogP contribution in [0.4, 0.5) is 5.69 Å². The number of hydrogen-bond acceptors (Lipinski definition) is 3. The highest BCUT2D eigenvalue weighted by Crippen LogP contribution is 2.26. The number of nitrogens with two attached hydrogens (primary N) is 1. The van der Waals surface area contributed by atoms with Gasteiger partial charge in [-0.05, 0) is 43.9 Å². The topological polar surface area (TPSA) is 52.3 Å². The third kappa shape index (κ3) is 4.27. The molecule has 1 rings (SSSR count). The lowest BCUT2D eigenvalue weighted by Crippen LogP contribution is -2.32. The lowest BCUT2D eigenvalue weighted by Gasteiger charge is -2.24. The lowest BCUT2D eigenvalue weighted by molar-refractivity contribution is -0.150. The second-order valence-corrected chi connectivity index (χ2v) is 5.74. The van der Waals surface area contributed by atoms with Crippen molar-refractivity contribution in [2.75, 3.05) is 12.3 Å². The van der Waals surface area contributed by atoms with Crippen LogP contribution >= 0.6 is 0 Å².